The number of aromatic nitrogens is 1. The molecular formula is C13H21BrN2O2. The van der Waals surface area contributed by atoms with Crippen molar-refractivity contribution in [3.8, 4) is 0 Å². The minimum absolute atomic E-state index is 0.0725. The highest BCUT2D eigenvalue weighted by Gasteiger charge is 2.25. The van der Waals surface area contributed by atoms with Gasteiger partial charge in [0.05, 0.1) is 0 Å². The van der Waals surface area contributed by atoms with E-state index in [9.17, 15) is 4.79 Å². The molecule has 18 heavy (non-hydrogen) atoms. The Labute approximate surface area is 117 Å². The lowest BCUT2D eigenvalue weighted by Gasteiger charge is -2.29. The molecule has 4 nitrogen and oxygen atoms in total. The Bertz CT molecular complexity index is 417. The number of hydrogen-bond acceptors (Lipinski definition) is 2. The summed E-state index contributed by atoms with van der Waals surface area (Å²) in [5, 5.41) is 12.1. The third-order valence-electron chi connectivity index (χ3n) is 3.30. The molecule has 0 bridgehead atoms. The first-order valence-corrected chi connectivity index (χ1v) is 7.04. The molecule has 102 valence electrons. The van der Waals surface area contributed by atoms with Crippen LogP contribution in [0.2, 0.25) is 0 Å². The van der Waals surface area contributed by atoms with Crippen molar-refractivity contribution in [2.45, 2.75) is 45.7 Å². The Morgan fingerprint density at radius 3 is 2.72 bits per heavy atom. The molecule has 0 radical (unpaired) electrons. The van der Waals surface area contributed by atoms with E-state index < -0.39 is 0 Å². The molecule has 1 unspecified atom stereocenters. The van der Waals surface area contributed by atoms with Crippen LogP contribution >= 0.6 is 15.9 Å². The third-order valence-corrected chi connectivity index (χ3v) is 3.73. The highest BCUT2D eigenvalue weighted by molar-refractivity contribution is 9.10. The van der Waals surface area contributed by atoms with Gasteiger partial charge in [-0.1, -0.05) is 6.92 Å². The lowest BCUT2D eigenvalue weighted by Crippen LogP contribution is -2.46. The summed E-state index contributed by atoms with van der Waals surface area (Å²) in [5.74, 6) is -0.0969. The first-order valence-electron chi connectivity index (χ1n) is 6.24. The molecule has 0 aromatic carbocycles. The number of aryl methyl sites for hydroxylation is 1. The number of carbonyl (C=O) groups excluding carboxylic acids is 1. The van der Waals surface area contributed by atoms with Crippen LogP contribution in [0.1, 0.15) is 44.1 Å². The fraction of sp³-hybridized carbons (Fsp3) is 0.615. The second-order valence-corrected chi connectivity index (χ2v) is 5.59. The van der Waals surface area contributed by atoms with E-state index in [-0.39, 0.29) is 18.1 Å². The molecule has 0 saturated carbocycles. The van der Waals surface area contributed by atoms with Crippen molar-refractivity contribution >= 4 is 21.8 Å². The molecule has 1 heterocycles. The van der Waals surface area contributed by atoms with Crippen molar-refractivity contribution in [3.05, 3.63) is 22.4 Å². The molecule has 1 aromatic rings. The average molecular weight is 317 g/mol. The maximum Gasteiger partial charge on any atom is 0.268 e. The van der Waals surface area contributed by atoms with Crippen LogP contribution in [0, 0.1) is 0 Å². The van der Waals surface area contributed by atoms with E-state index in [4.69, 9.17) is 5.11 Å². The molecular weight excluding hydrogens is 296 g/mol. The van der Waals surface area contributed by atoms with Crippen LogP contribution in [0.3, 0.4) is 0 Å². The fourth-order valence-corrected chi connectivity index (χ4v) is 2.30. The zero-order chi connectivity index (χ0) is 13.8. The fourth-order valence-electron chi connectivity index (χ4n) is 1.84. The molecule has 1 aromatic heterocycles. The molecule has 1 amide bonds. The van der Waals surface area contributed by atoms with Crippen LogP contribution in [0.15, 0.2) is 16.7 Å². The summed E-state index contributed by atoms with van der Waals surface area (Å²) >= 11 is 3.38. The number of amides is 1. The number of rotatable bonds is 6. The molecule has 1 rings (SSSR count). The second-order valence-electron chi connectivity index (χ2n) is 4.67. The summed E-state index contributed by atoms with van der Waals surface area (Å²) in [6.07, 6.45) is 3.24. The van der Waals surface area contributed by atoms with Crippen LogP contribution in [-0.2, 0) is 6.54 Å². The van der Waals surface area contributed by atoms with Gasteiger partial charge in [-0.05, 0) is 48.7 Å². The predicted octanol–water partition coefficient (Wildman–Crippen LogP) is 2.55. The van der Waals surface area contributed by atoms with E-state index in [1.165, 1.54) is 0 Å². The van der Waals surface area contributed by atoms with E-state index in [1.54, 1.807) is 0 Å². The molecule has 1 atom stereocenters. The van der Waals surface area contributed by atoms with Gasteiger partial charge >= 0.3 is 0 Å². The van der Waals surface area contributed by atoms with Gasteiger partial charge in [-0.25, -0.2) is 0 Å². The van der Waals surface area contributed by atoms with Crippen LogP contribution in [0.4, 0.5) is 0 Å². The zero-order valence-electron chi connectivity index (χ0n) is 11.2. The quantitative estimate of drug-likeness (QED) is 0.847. The van der Waals surface area contributed by atoms with Gasteiger partial charge in [-0.15, -0.1) is 0 Å². The van der Waals surface area contributed by atoms with Gasteiger partial charge in [0, 0.05) is 29.4 Å². The lowest BCUT2D eigenvalue weighted by molar-refractivity contribution is 0.0876. The van der Waals surface area contributed by atoms with Gasteiger partial charge in [0.1, 0.15) is 5.69 Å². The number of carbonyl (C=O) groups is 1. The molecule has 0 aliphatic heterocycles. The van der Waals surface area contributed by atoms with Gasteiger partial charge in [-0.2, -0.15) is 0 Å². The Morgan fingerprint density at radius 1 is 1.56 bits per heavy atom. The highest BCUT2D eigenvalue weighted by Crippen LogP contribution is 2.18. The normalized spacial score (nSPS) is 14.3. The summed E-state index contributed by atoms with van der Waals surface area (Å²) < 4.78 is 2.80. The van der Waals surface area contributed by atoms with E-state index in [1.807, 2.05) is 37.6 Å². The Kier molecular flexibility index (Phi) is 5.41. The molecule has 0 spiro atoms. The minimum atomic E-state index is -0.360. The topological polar surface area (TPSA) is 54.3 Å². The molecule has 0 aliphatic rings. The largest absolute Gasteiger partial charge is 0.396 e. The lowest BCUT2D eigenvalue weighted by atomic mass is 9.95. The van der Waals surface area contributed by atoms with Crippen LogP contribution in [0.5, 0.6) is 0 Å². The highest BCUT2D eigenvalue weighted by atomic mass is 79.9. The van der Waals surface area contributed by atoms with E-state index >= 15 is 0 Å². The number of nitrogens with one attached hydrogen (secondary N) is 1. The summed E-state index contributed by atoms with van der Waals surface area (Å²) in [5.41, 5.74) is 0.281. The van der Waals surface area contributed by atoms with Crippen molar-refractivity contribution in [2.24, 2.45) is 0 Å². The van der Waals surface area contributed by atoms with E-state index in [0.717, 1.165) is 17.4 Å². The van der Waals surface area contributed by atoms with Gasteiger partial charge in [-0.3, -0.25) is 4.79 Å². The van der Waals surface area contributed by atoms with Crippen molar-refractivity contribution in [3.63, 3.8) is 0 Å². The second kappa shape index (κ2) is 6.38. The van der Waals surface area contributed by atoms with Gasteiger partial charge in [0.15, 0.2) is 0 Å². The Morgan fingerprint density at radius 2 is 2.22 bits per heavy atom. The average Bonchev–Trinajstić information content (AvgIpc) is 2.71. The number of aliphatic hydroxyl groups excluding tert-OH is 1. The standard InChI is InChI=1S/C13H21BrN2O2/c1-4-13(3,6-7-17)15-12(18)11-8-10(14)9-16(11)5-2/h8-9,17H,4-7H2,1-3H3,(H,15,18). The van der Waals surface area contributed by atoms with Crippen LogP contribution in [0.25, 0.3) is 0 Å². The van der Waals surface area contributed by atoms with E-state index in [0.29, 0.717) is 12.1 Å². The smallest absolute Gasteiger partial charge is 0.268 e. The maximum absolute atomic E-state index is 12.3. The summed E-state index contributed by atoms with van der Waals surface area (Å²) in [4.78, 5) is 12.3. The van der Waals surface area contributed by atoms with Gasteiger partial charge in [0.25, 0.3) is 5.91 Å². The first-order chi connectivity index (χ1) is 8.45. The number of aliphatic hydroxyl groups is 1. The summed E-state index contributed by atoms with van der Waals surface area (Å²) in [7, 11) is 0. The van der Waals surface area contributed by atoms with Gasteiger partial charge < -0.3 is 15.0 Å². The first kappa shape index (κ1) is 15.2. The molecule has 2 N–H and O–H groups in total. The third kappa shape index (κ3) is 3.59. The Balaban J connectivity index is 2.87. The van der Waals surface area contributed by atoms with E-state index in [2.05, 4.69) is 21.2 Å². The summed E-state index contributed by atoms with van der Waals surface area (Å²) in [6.45, 7) is 6.77. The summed E-state index contributed by atoms with van der Waals surface area (Å²) in [6, 6.07) is 1.81. The van der Waals surface area contributed by atoms with Crippen LogP contribution < -0.4 is 5.32 Å². The molecule has 0 aliphatic carbocycles. The maximum atomic E-state index is 12.3. The van der Waals surface area contributed by atoms with Crippen molar-refractivity contribution in [1.82, 2.24) is 9.88 Å². The minimum Gasteiger partial charge on any atom is -0.396 e. The number of nitrogens with zero attached hydrogens (tertiary/aromatic N) is 1. The zero-order valence-corrected chi connectivity index (χ0v) is 12.7. The monoisotopic (exact) mass is 316 g/mol. The Hall–Kier alpha value is -0.810. The number of halogens is 1. The number of hydrogen-bond donors (Lipinski definition) is 2. The van der Waals surface area contributed by atoms with Gasteiger partial charge in [0.2, 0.25) is 0 Å². The molecule has 0 saturated heterocycles. The molecule has 5 heteroatoms. The SMILES string of the molecule is CCn1cc(Br)cc1C(=O)NC(C)(CC)CCO. The van der Waals surface area contributed by atoms with Crippen LogP contribution in [-0.4, -0.2) is 27.7 Å². The van der Waals surface area contributed by atoms with Crippen molar-refractivity contribution in [1.29, 1.82) is 0 Å². The van der Waals surface area contributed by atoms with Crippen molar-refractivity contribution < 1.29 is 9.90 Å². The van der Waals surface area contributed by atoms with Crippen molar-refractivity contribution in [2.75, 3.05) is 6.61 Å². The molecule has 0 fully saturated rings. The predicted molar refractivity (Wildman–Crippen MR) is 75.7 cm³/mol.